The number of nitrogens with zero attached hydrogens (tertiary/aromatic N) is 1. The average molecular weight is 327 g/mol. The van der Waals surface area contributed by atoms with Crippen LogP contribution in [0.1, 0.15) is 36.0 Å². The van der Waals surface area contributed by atoms with Gasteiger partial charge in [0.15, 0.2) is 0 Å². The van der Waals surface area contributed by atoms with Crippen LogP contribution < -0.4 is 0 Å². The highest BCUT2D eigenvalue weighted by atomic mass is 15.2. The van der Waals surface area contributed by atoms with Crippen molar-refractivity contribution in [3.8, 4) is 0 Å². The lowest BCUT2D eigenvalue weighted by Crippen LogP contribution is -2.50. The van der Waals surface area contributed by atoms with Crippen LogP contribution in [0.25, 0.3) is 0 Å². The fraction of sp³-hybridized carbons (Fsp3) is 0.250. The SMILES string of the molecule is c1ccc(C(c2ccccc2)(c2ccccc2)N2CCCCC2)cc1. The van der Waals surface area contributed by atoms with E-state index in [1.807, 2.05) is 0 Å². The number of hydrogen-bond acceptors (Lipinski definition) is 1. The Labute approximate surface area is 150 Å². The highest BCUT2D eigenvalue weighted by Gasteiger charge is 2.42. The number of benzene rings is 3. The van der Waals surface area contributed by atoms with Crippen molar-refractivity contribution in [2.45, 2.75) is 24.8 Å². The lowest BCUT2D eigenvalue weighted by Gasteiger charge is -2.47. The molecule has 0 aromatic heterocycles. The molecule has 0 N–H and O–H groups in total. The molecule has 1 nitrogen and oxygen atoms in total. The van der Waals surface area contributed by atoms with Gasteiger partial charge in [0.2, 0.25) is 0 Å². The summed E-state index contributed by atoms with van der Waals surface area (Å²) >= 11 is 0. The van der Waals surface area contributed by atoms with Gasteiger partial charge in [-0.05, 0) is 42.6 Å². The molecule has 0 aliphatic carbocycles. The van der Waals surface area contributed by atoms with Gasteiger partial charge in [-0.15, -0.1) is 0 Å². The fourth-order valence-corrected chi connectivity index (χ4v) is 4.32. The molecule has 0 bridgehead atoms. The molecule has 4 rings (SSSR count). The van der Waals surface area contributed by atoms with E-state index in [0.717, 1.165) is 13.1 Å². The van der Waals surface area contributed by atoms with Crippen LogP contribution in [0, 0.1) is 0 Å². The topological polar surface area (TPSA) is 3.24 Å². The van der Waals surface area contributed by atoms with Crippen molar-refractivity contribution in [2.24, 2.45) is 0 Å². The van der Waals surface area contributed by atoms with Crippen molar-refractivity contribution in [2.75, 3.05) is 13.1 Å². The van der Waals surface area contributed by atoms with Crippen LogP contribution in [-0.4, -0.2) is 18.0 Å². The Morgan fingerprint density at radius 3 is 1.20 bits per heavy atom. The summed E-state index contributed by atoms with van der Waals surface area (Å²) in [6, 6.07) is 33.1. The monoisotopic (exact) mass is 327 g/mol. The Kier molecular flexibility index (Phi) is 4.67. The zero-order valence-corrected chi connectivity index (χ0v) is 14.6. The van der Waals surface area contributed by atoms with Crippen molar-refractivity contribution in [1.29, 1.82) is 0 Å². The van der Waals surface area contributed by atoms with Crippen molar-refractivity contribution in [3.63, 3.8) is 0 Å². The Hall–Kier alpha value is -2.38. The fourth-order valence-electron chi connectivity index (χ4n) is 4.32. The van der Waals surface area contributed by atoms with Crippen molar-refractivity contribution in [1.82, 2.24) is 4.90 Å². The molecule has 1 saturated heterocycles. The number of likely N-dealkylation sites (tertiary alicyclic amines) is 1. The zero-order valence-electron chi connectivity index (χ0n) is 14.6. The quantitative estimate of drug-likeness (QED) is 0.575. The van der Waals surface area contributed by atoms with E-state index in [-0.39, 0.29) is 5.54 Å². The molecule has 3 aromatic rings. The standard InChI is InChI=1S/C24H25N/c1-5-13-21(14-6-1)24(22-15-7-2-8-16-22,23-17-9-3-10-18-23)25-19-11-4-12-20-25/h1-3,5-10,13-18H,4,11-12,19-20H2. The van der Waals surface area contributed by atoms with Crippen LogP contribution in [0.4, 0.5) is 0 Å². The van der Waals surface area contributed by atoms with E-state index < -0.39 is 0 Å². The molecular formula is C24H25N. The second kappa shape index (κ2) is 7.25. The van der Waals surface area contributed by atoms with E-state index in [9.17, 15) is 0 Å². The first-order valence-electron chi connectivity index (χ1n) is 9.34. The summed E-state index contributed by atoms with van der Waals surface area (Å²) in [7, 11) is 0. The molecule has 0 radical (unpaired) electrons. The first-order valence-corrected chi connectivity index (χ1v) is 9.34. The summed E-state index contributed by atoms with van der Waals surface area (Å²) in [5, 5.41) is 0. The smallest absolute Gasteiger partial charge is 0.0972 e. The first kappa shape index (κ1) is 16.1. The van der Waals surface area contributed by atoms with Gasteiger partial charge in [-0.25, -0.2) is 0 Å². The highest BCUT2D eigenvalue weighted by Crippen LogP contribution is 2.43. The molecule has 0 spiro atoms. The molecule has 0 atom stereocenters. The third-order valence-electron chi connectivity index (χ3n) is 5.41. The predicted octanol–water partition coefficient (Wildman–Crippen LogP) is 5.46. The summed E-state index contributed by atoms with van der Waals surface area (Å²) in [5.74, 6) is 0. The molecule has 3 aromatic carbocycles. The molecule has 0 amide bonds. The number of hydrogen-bond donors (Lipinski definition) is 0. The molecular weight excluding hydrogens is 302 g/mol. The Bertz CT molecular complexity index is 677. The summed E-state index contributed by atoms with van der Waals surface area (Å²) < 4.78 is 0. The van der Waals surface area contributed by atoms with E-state index in [1.165, 1.54) is 36.0 Å². The number of rotatable bonds is 4. The lowest BCUT2D eigenvalue weighted by atomic mass is 9.75. The number of piperidine rings is 1. The molecule has 126 valence electrons. The Morgan fingerprint density at radius 2 is 0.840 bits per heavy atom. The van der Waals surface area contributed by atoms with Gasteiger partial charge in [-0.3, -0.25) is 4.90 Å². The molecule has 1 fully saturated rings. The average Bonchev–Trinajstić information content (AvgIpc) is 2.72. The largest absolute Gasteiger partial charge is 0.286 e. The van der Waals surface area contributed by atoms with Gasteiger partial charge >= 0.3 is 0 Å². The van der Waals surface area contributed by atoms with E-state index in [2.05, 4.69) is 95.9 Å². The third-order valence-corrected chi connectivity index (χ3v) is 5.41. The summed E-state index contributed by atoms with van der Waals surface area (Å²) in [6.07, 6.45) is 3.88. The maximum absolute atomic E-state index is 2.69. The lowest BCUT2D eigenvalue weighted by molar-refractivity contribution is 0.128. The molecule has 0 unspecified atom stereocenters. The third kappa shape index (κ3) is 2.89. The van der Waals surface area contributed by atoms with E-state index in [4.69, 9.17) is 0 Å². The molecule has 1 aliphatic heterocycles. The maximum Gasteiger partial charge on any atom is 0.0972 e. The minimum absolute atomic E-state index is 0.218. The summed E-state index contributed by atoms with van der Waals surface area (Å²) in [4.78, 5) is 2.69. The maximum atomic E-state index is 2.69. The van der Waals surface area contributed by atoms with Gasteiger partial charge < -0.3 is 0 Å². The van der Waals surface area contributed by atoms with Gasteiger partial charge in [0.25, 0.3) is 0 Å². The van der Waals surface area contributed by atoms with Gasteiger partial charge in [-0.1, -0.05) is 97.4 Å². The van der Waals surface area contributed by atoms with Crippen molar-refractivity contribution >= 4 is 0 Å². The van der Waals surface area contributed by atoms with Crippen LogP contribution >= 0.6 is 0 Å². The van der Waals surface area contributed by atoms with Crippen molar-refractivity contribution < 1.29 is 0 Å². The van der Waals surface area contributed by atoms with E-state index in [0.29, 0.717) is 0 Å². The van der Waals surface area contributed by atoms with Gasteiger partial charge in [-0.2, -0.15) is 0 Å². The van der Waals surface area contributed by atoms with E-state index in [1.54, 1.807) is 0 Å². The van der Waals surface area contributed by atoms with Crippen LogP contribution in [0.5, 0.6) is 0 Å². The molecule has 1 heterocycles. The molecule has 1 heteroatoms. The molecule has 25 heavy (non-hydrogen) atoms. The summed E-state index contributed by atoms with van der Waals surface area (Å²) in [5.41, 5.74) is 3.85. The Balaban J connectivity index is 2.01. The van der Waals surface area contributed by atoms with E-state index >= 15 is 0 Å². The second-order valence-electron chi connectivity index (χ2n) is 6.86. The van der Waals surface area contributed by atoms with Crippen LogP contribution in [0.3, 0.4) is 0 Å². The van der Waals surface area contributed by atoms with Gasteiger partial charge in [0.1, 0.15) is 0 Å². The van der Waals surface area contributed by atoms with Gasteiger partial charge in [0, 0.05) is 0 Å². The highest BCUT2D eigenvalue weighted by molar-refractivity contribution is 5.49. The normalized spacial score (nSPS) is 15.8. The zero-order chi connectivity index (χ0) is 17.0. The summed E-state index contributed by atoms with van der Waals surface area (Å²) in [6.45, 7) is 2.28. The molecule has 0 saturated carbocycles. The van der Waals surface area contributed by atoms with Crippen LogP contribution in [-0.2, 0) is 5.54 Å². The minimum atomic E-state index is -0.218. The van der Waals surface area contributed by atoms with Crippen LogP contribution in [0.15, 0.2) is 91.0 Å². The minimum Gasteiger partial charge on any atom is -0.286 e. The van der Waals surface area contributed by atoms with Crippen molar-refractivity contribution in [3.05, 3.63) is 108 Å². The van der Waals surface area contributed by atoms with Crippen LogP contribution in [0.2, 0.25) is 0 Å². The predicted molar refractivity (Wildman–Crippen MR) is 105 cm³/mol. The Morgan fingerprint density at radius 1 is 0.480 bits per heavy atom. The van der Waals surface area contributed by atoms with Gasteiger partial charge in [0.05, 0.1) is 5.54 Å². The molecule has 1 aliphatic rings. The first-order chi connectivity index (χ1) is 12.4. The second-order valence-corrected chi connectivity index (χ2v) is 6.86.